The molecule has 0 aromatic heterocycles. The summed E-state index contributed by atoms with van der Waals surface area (Å²) in [5.74, 6) is -0.0761. The molecule has 4 heteroatoms. The molecule has 2 atom stereocenters. The number of carbonyl (C=O) groups excluding carboxylic acids is 1. The molecule has 334 valence electrons. The van der Waals surface area contributed by atoms with Crippen LogP contribution in [0.25, 0.3) is 0 Å². The van der Waals surface area contributed by atoms with Crippen LogP contribution >= 0.6 is 0 Å². The summed E-state index contributed by atoms with van der Waals surface area (Å²) in [5, 5.41) is 22.9. The minimum Gasteiger partial charge on any atom is -0.394 e. The lowest BCUT2D eigenvalue weighted by Gasteiger charge is -2.19. The van der Waals surface area contributed by atoms with Gasteiger partial charge in [-0.25, -0.2) is 0 Å². The molecule has 0 radical (unpaired) electrons. The van der Waals surface area contributed by atoms with Crippen molar-refractivity contribution in [2.75, 3.05) is 6.61 Å². The first-order valence-electron chi connectivity index (χ1n) is 24.8. The fourth-order valence-electron chi connectivity index (χ4n) is 7.10. The second-order valence-corrected chi connectivity index (χ2v) is 16.5. The molecule has 3 N–H and O–H groups in total. The largest absolute Gasteiger partial charge is 0.394 e. The molecule has 4 nitrogen and oxygen atoms in total. The second kappa shape index (κ2) is 48.9. The fourth-order valence-corrected chi connectivity index (χ4v) is 7.10. The fraction of sp³-hybridized carbons (Fsp3) is 0.722. The third-order valence-corrected chi connectivity index (χ3v) is 10.9. The van der Waals surface area contributed by atoms with Crippen LogP contribution in [0.3, 0.4) is 0 Å². The molecule has 0 bridgehead atoms. The lowest BCUT2D eigenvalue weighted by atomic mass is 10.0. The van der Waals surface area contributed by atoms with E-state index in [4.69, 9.17) is 0 Å². The van der Waals surface area contributed by atoms with Crippen molar-refractivity contribution >= 4 is 5.91 Å². The van der Waals surface area contributed by atoms with Gasteiger partial charge in [-0.3, -0.25) is 4.79 Å². The molecule has 0 fully saturated rings. The quantitative estimate of drug-likeness (QED) is 0.0424. The Morgan fingerprint density at radius 2 is 0.776 bits per heavy atom. The summed E-state index contributed by atoms with van der Waals surface area (Å²) in [6, 6.07) is -0.639. The number of allylic oxidation sites excluding steroid dienone is 13. The molecule has 0 saturated carbocycles. The van der Waals surface area contributed by atoms with Crippen molar-refractivity contribution in [3.63, 3.8) is 0 Å². The van der Waals surface area contributed by atoms with Gasteiger partial charge in [0, 0.05) is 6.42 Å². The number of hydrogen-bond acceptors (Lipinski definition) is 3. The molecule has 0 aromatic rings. The molecular formula is C54H95NO3. The summed E-state index contributed by atoms with van der Waals surface area (Å²) in [5.41, 5.74) is 0. The van der Waals surface area contributed by atoms with Crippen molar-refractivity contribution in [2.45, 2.75) is 244 Å². The average Bonchev–Trinajstić information content (AvgIpc) is 3.23. The SMILES string of the molecule is CC/C=C\C/C=C\C/C=C\C/C=C\C/C=C\CCCCCCCCCCCCCCCCCCCCCC(=O)NC(CO)C(O)/C=C/CC/C=C/CCCCCCC. The topological polar surface area (TPSA) is 69.6 Å². The Balaban J connectivity index is 3.47. The Kier molecular flexibility index (Phi) is 46.9. The number of hydrogen-bond donors (Lipinski definition) is 3. The molecule has 2 unspecified atom stereocenters. The van der Waals surface area contributed by atoms with Gasteiger partial charge in [0.25, 0.3) is 0 Å². The summed E-state index contributed by atoms with van der Waals surface area (Å²) in [6.07, 6.45) is 71.6. The Bertz CT molecular complexity index is 1050. The summed E-state index contributed by atoms with van der Waals surface area (Å²) in [6.45, 7) is 4.15. The van der Waals surface area contributed by atoms with Crippen molar-refractivity contribution in [1.82, 2.24) is 5.32 Å². The van der Waals surface area contributed by atoms with E-state index in [0.717, 1.165) is 64.2 Å². The van der Waals surface area contributed by atoms with Gasteiger partial charge in [-0.15, -0.1) is 0 Å². The molecule has 0 saturated heterocycles. The Morgan fingerprint density at radius 3 is 1.21 bits per heavy atom. The van der Waals surface area contributed by atoms with Crippen LogP contribution in [-0.2, 0) is 4.79 Å². The van der Waals surface area contributed by atoms with Crippen LogP contribution in [0.15, 0.2) is 85.1 Å². The van der Waals surface area contributed by atoms with Gasteiger partial charge >= 0.3 is 0 Å². The summed E-state index contributed by atoms with van der Waals surface area (Å²) in [4.78, 5) is 12.4. The zero-order valence-electron chi connectivity index (χ0n) is 38.3. The van der Waals surface area contributed by atoms with E-state index in [2.05, 4.69) is 92.1 Å². The third-order valence-electron chi connectivity index (χ3n) is 10.9. The van der Waals surface area contributed by atoms with E-state index >= 15 is 0 Å². The highest BCUT2D eigenvalue weighted by Crippen LogP contribution is 2.15. The monoisotopic (exact) mass is 806 g/mol. The highest BCUT2D eigenvalue weighted by atomic mass is 16.3. The van der Waals surface area contributed by atoms with Gasteiger partial charge in [0.2, 0.25) is 5.91 Å². The zero-order chi connectivity index (χ0) is 42.1. The van der Waals surface area contributed by atoms with Crippen LogP contribution in [0.1, 0.15) is 232 Å². The van der Waals surface area contributed by atoms with Gasteiger partial charge < -0.3 is 15.5 Å². The van der Waals surface area contributed by atoms with Crippen LogP contribution in [-0.4, -0.2) is 34.9 Å². The van der Waals surface area contributed by atoms with E-state index in [1.807, 2.05) is 6.08 Å². The normalized spacial score (nSPS) is 13.7. The lowest BCUT2D eigenvalue weighted by molar-refractivity contribution is -0.123. The van der Waals surface area contributed by atoms with Crippen molar-refractivity contribution in [3.05, 3.63) is 85.1 Å². The Morgan fingerprint density at radius 1 is 0.431 bits per heavy atom. The third kappa shape index (κ3) is 44.7. The van der Waals surface area contributed by atoms with Crippen molar-refractivity contribution in [3.8, 4) is 0 Å². The first kappa shape index (κ1) is 55.6. The molecule has 0 aromatic carbocycles. The number of aliphatic hydroxyl groups is 2. The van der Waals surface area contributed by atoms with Crippen LogP contribution in [0.4, 0.5) is 0 Å². The number of aliphatic hydroxyl groups excluding tert-OH is 2. The molecule has 1 amide bonds. The van der Waals surface area contributed by atoms with Crippen molar-refractivity contribution < 1.29 is 15.0 Å². The summed E-state index contributed by atoms with van der Waals surface area (Å²) < 4.78 is 0. The second-order valence-electron chi connectivity index (χ2n) is 16.5. The smallest absolute Gasteiger partial charge is 0.220 e. The molecule has 0 aliphatic rings. The Labute approximate surface area is 361 Å². The molecule has 58 heavy (non-hydrogen) atoms. The van der Waals surface area contributed by atoms with E-state index in [9.17, 15) is 15.0 Å². The maximum absolute atomic E-state index is 12.4. The molecule has 0 aliphatic carbocycles. The number of carbonyl (C=O) groups is 1. The van der Waals surface area contributed by atoms with Crippen LogP contribution in [0, 0.1) is 0 Å². The molecule has 0 spiro atoms. The number of unbranched alkanes of at least 4 members (excludes halogenated alkanes) is 25. The van der Waals surface area contributed by atoms with Gasteiger partial charge in [-0.05, 0) is 77.0 Å². The van der Waals surface area contributed by atoms with Crippen molar-refractivity contribution in [1.29, 1.82) is 0 Å². The van der Waals surface area contributed by atoms with E-state index < -0.39 is 12.1 Å². The first-order chi connectivity index (χ1) is 28.7. The Hall–Kier alpha value is -2.43. The van der Waals surface area contributed by atoms with Gasteiger partial charge in [-0.1, -0.05) is 234 Å². The standard InChI is InChI=1S/C54H95NO3/c1-3-5-7-9-11-13-15-16-17-18-19-20-21-22-23-24-25-26-27-28-29-30-31-32-33-34-35-36-37-38-40-42-44-46-48-50-54(58)55-52(51-56)53(57)49-47-45-43-41-39-14-12-10-8-6-4-2/h5,7,11,13,16-17,19-20,22-23,39,41,47,49,52-53,56-57H,3-4,6,8-10,12,14-15,18,21,24-38,40,42-46,48,50-51H2,1-2H3,(H,55,58)/b7-5-,13-11-,17-16-,20-19-,23-22-,41-39+,49-47+. The van der Waals surface area contributed by atoms with Gasteiger partial charge in [0.15, 0.2) is 0 Å². The molecular weight excluding hydrogens is 711 g/mol. The predicted molar refractivity (Wildman–Crippen MR) is 257 cm³/mol. The number of amides is 1. The predicted octanol–water partition coefficient (Wildman–Crippen LogP) is 16.0. The zero-order valence-corrected chi connectivity index (χ0v) is 38.3. The maximum atomic E-state index is 12.4. The van der Waals surface area contributed by atoms with Crippen LogP contribution in [0.2, 0.25) is 0 Å². The van der Waals surface area contributed by atoms with E-state index in [1.165, 1.54) is 148 Å². The maximum Gasteiger partial charge on any atom is 0.220 e. The van der Waals surface area contributed by atoms with E-state index in [-0.39, 0.29) is 12.5 Å². The lowest BCUT2D eigenvalue weighted by Crippen LogP contribution is -2.45. The van der Waals surface area contributed by atoms with Crippen LogP contribution < -0.4 is 5.32 Å². The minimum atomic E-state index is -0.862. The van der Waals surface area contributed by atoms with Gasteiger partial charge in [0.05, 0.1) is 18.8 Å². The summed E-state index contributed by atoms with van der Waals surface area (Å²) >= 11 is 0. The highest BCUT2D eigenvalue weighted by molar-refractivity contribution is 5.76. The number of nitrogens with one attached hydrogen (secondary N) is 1. The number of rotatable bonds is 44. The van der Waals surface area contributed by atoms with E-state index in [0.29, 0.717) is 6.42 Å². The first-order valence-corrected chi connectivity index (χ1v) is 24.8. The molecule has 0 heterocycles. The summed E-state index contributed by atoms with van der Waals surface area (Å²) in [7, 11) is 0. The van der Waals surface area contributed by atoms with Gasteiger partial charge in [0.1, 0.15) is 0 Å². The van der Waals surface area contributed by atoms with Crippen molar-refractivity contribution in [2.24, 2.45) is 0 Å². The average molecular weight is 806 g/mol. The highest BCUT2D eigenvalue weighted by Gasteiger charge is 2.17. The minimum absolute atomic E-state index is 0.0761. The van der Waals surface area contributed by atoms with E-state index in [1.54, 1.807) is 6.08 Å². The molecule has 0 rings (SSSR count). The molecule has 0 aliphatic heterocycles. The van der Waals surface area contributed by atoms with Gasteiger partial charge in [-0.2, -0.15) is 0 Å². The van der Waals surface area contributed by atoms with Crippen LogP contribution in [0.5, 0.6) is 0 Å².